The molecule has 0 aliphatic heterocycles. The molecule has 0 amide bonds. The molecule has 4 nitrogen and oxygen atoms in total. The largest absolute Gasteiger partial charge is 0.508 e. The fourth-order valence-electron chi connectivity index (χ4n) is 1.97. The minimum absolute atomic E-state index is 0.274. The maximum atomic E-state index is 9.21. The van der Waals surface area contributed by atoms with Crippen LogP contribution in [0.25, 0.3) is 0 Å². The van der Waals surface area contributed by atoms with Gasteiger partial charge in [-0.25, -0.2) is 0 Å². The molecule has 0 radical (unpaired) electrons. The molecule has 106 valence electrons. The normalized spacial score (nSPS) is 10.1. The van der Waals surface area contributed by atoms with Crippen molar-refractivity contribution in [2.24, 2.45) is 0 Å². The molecule has 0 unspecified atom stereocenters. The molecule has 0 heterocycles. The van der Waals surface area contributed by atoms with Crippen molar-refractivity contribution in [2.75, 3.05) is 26.1 Å². The summed E-state index contributed by atoms with van der Waals surface area (Å²) in [5.74, 6) is 1.76. The van der Waals surface area contributed by atoms with Crippen molar-refractivity contribution in [1.29, 1.82) is 0 Å². The number of benzene rings is 2. The lowest BCUT2D eigenvalue weighted by atomic mass is 10.1. The Morgan fingerprint density at radius 1 is 0.950 bits per heavy atom. The Kier molecular flexibility index (Phi) is 4.71. The first-order valence-electron chi connectivity index (χ1n) is 6.46. The summed E-state index contributed by atoms with van der Waals surface area (Å²) in [6, 6.07) is 13.0. The summed E-state index contributed by atoms with van der Waals surface area (Å²) in [7, 11) is 3.26. The Bertz CT molecular complexity index is 552. The van der Waals surface area contributed by atoms with Gasteiger partial charge >= 0.3 is 0 Å². The van der Waals surface area contributed by atoms with E-state index in [1.54, 1.807) is 26.4 Å². The molecular formula is C16H19NO3. The van der Waals surface area contributed by atoms with Crippen LogP contribution in [0.15, 0.2) is 42.5 Å². The van der Waals surface area contributed by atoms with E-state index in [-0.39, 0.29) is 5.75 Å². The van der Waals surface area contributed by atoms with Crippen LogP contribution in [0.2, 0.25) is 0 Å². The maximum Gasteiger partial charge on any atom is 0.160 e. The third kappa shape index (κ3) is 3.57. The zero-order chi connectivity index (χ0) is 14.4. The Hall–Kier alpha value is -2.36. The standard InChI is InChI=1S/C16H19NO3/c1-19-15-8-3-12(11-16(15)20-2)9-10-17-13-4-6-14(18)7-5-13/h3-8,11,17-18H,9-10H2,1-2H3. The smallest absolute Gasteiger partial charge is 0.160 e. The molecule has 0 saturated carbocycles. The molecule has 2 aromatic rings. The summed E-state index contributed by atoms with van der Waals surface area (Å²) >= 11 is 0. The van der Waals surface area contributed by atoms with Crippen LogP contribution in [-0.4, -0.2) is 25.9 Å². The molecule has 2 N–H and O–H groups in total. The van der Waals surface area contributed by atoms with Gasteiger partial charge in [-0.3, -0.25) is 0 Å². The highest BCUT2D eigenvalue weighted by molar-refractivity contribution is 5.46. The predicted molar refractivity (Wildman–Crippen MR) is 79.8 cm³/mol. The third-order valence-corrected chi connectivity index (χ3v) is 3.06. The zero-order valence-corrected chi connectivity index (χ0v) is 11.7. The highest BCUT2D eigenvalue weighted by atomic mass is 16.5. The van der Waals surface area contributed by atoms with Crippen LogP contribution in [0.1, 0.15) is 5.56 Å². The number of aromatic hydroxyl groups is 1. The van der Waals surface area contributed by atoms with Gasteiger partial charge in [-0.15, -0.1) is 0 Å². The highest BCUT2D eigenvalue weighted by Crippen LogP contribution is 2.27. The van der Waals surface area contributed by atoms with Gasteiger partial charge in [0.05, 0.1) is 14.2 Å². The lowest BCUT2D eigenvalue weighted by molar-refractivity contribution is 0.354. The van der Waals surface area contributed by atoms with Crippen LogP contribution in [0.4, 0.5) is 5.69 Å². The first-order chi connectivity index (χ1) is 9.72. The van der Waals surface area contributed by atoms with Crippen molar-refractivity contribution in [3.63, 3.8) is 0 Å². The fraction of sp³-hybridized carbons (Fsp3) is 0.250. The Morgan fingerprint density at radius 2 is 1.65 bits per heavy atom. The van der Waals surface area contributed by atoms with Gasteiger partial charge in [0, 0.05) is 12.2 Å². The zero-order valence-electron chi connectivity index (χ0n) is 11.7. The summed E-state index contributed by atoms with van der Waals surface area (Å²) in [5.41, 5.74) is 2.16. The summed E-state index contributed by atoms with van der Waals surface area (Å²) in [5, 5.41) is 12.5. The number of nitrogens with one attached hydrogen (secondary N) is 1. The molecular weight excluding hydrogens is 254 g/mol. The van der Waals surface area contributed by atoms with Crippen molar-refractivity contribution >= 4 is 5.69 Å². The number of hydrogen-bond acceptors (Lipinski definition) is 4. The SMILES string of the molecule is COc1ccc(CCNc2ccc(O)cc2)cc1OC. The lowest BCUT2D eigenvalue weighted by Gasteiger charge is -2.10. The van der Waals surface area contributed by atoms with Gasteiger partial charge in [0.1, 0.15) is 5.75 Å². The summed E-state index contributed by atoms with van der Waals surface area (Å²) < 4.78 is 10.5. The molecule has 4 heteroatoms. The molecule has 0 bridgehead atoms. The van der Waals surface area contributed by atoms with Crippen LogP contribution >= 0.6 is 0 Å². The second-order valence-corrected chi connectivity index (χ2v) is 4.41. The molecule has 0 aromatic heterocycles. The van der Waals surface area contributed by atoms with Crippen LogP contribution in [0.5, 0.6) is 17.2 Å². The summed E-state index contributed by atoms with van der Waals surface area (Å²) in [6.07, 6.45) is 0.876. The predicted octanol–water partition coefficient (Wildman–Crippen LogP) is 3.06. The van der Waals surface area contributed by atoms with Crippen LogP contribution in [0, 0.1) is 0 Å². The second kappa shape index (κ2) is 6.70. The number of phenols is 1. The van der Waals surface area contributed by atoms with Crippen molar-refractivity contribution in [1.82, 2.24) is 0 Å². The average molecular weight is 273 g/mol. The number of anilines is 1. The molecule has 0 fully saturated rings. The number of phenolic OH excluding ortho intramolecular Hbond substituents is 1. The Morgan fingerprint density at radius 3 is 2.30 bits per heavy atom. The van der Waals surface area contributed by atoms with Crippen molar-refractivity contribution < 1.29 is 14.6 Å². The van der Waals surface area contributed by atoms with E-state index in [9.17, 15) is 5.11 Å². The lowest BCUT2D eigenvalue weighted by Crippen LogP contribution is -2.05. The Balaban J connectivity index is 1.92. The summed E-state index contributed by atoms with van der Waals surface area (Å²) in [4.78, 5) is 0. The molecule has 0 atom stereocenters. The number of ether oxygens (including phenoxy) is 2. The van der Waals surface area contributed by atoms with E-state index in [0.29, 0.717) is 0 Å². The minimum Gasteiger partial charge on any atom is -0.508 e. The van der Waals surface area contributed by atoms with Crippen molar-refractivity contribution in [2.45, 2.75) is 6.42 Å². The maximum absolute atomic E-state index is 9.21. The average Bonchev–Trinajstić information content (AvgIpc) is 2.49. The number of methoxy groups -OCH3 is 2. The molecule has 2 aromatic carbocycles. The van der Waals surface area contributed by atoms with Gasteiger partial charge in [-0.2, -0.15) is 0 Å². The molecule has 0 saturated heterocycles. The molecule has 0 aliphatic carbocycles. The van der Waals surface area contributed by atoms with Gasteiger partial charge in [0.2, 0.25) is 0 Å². The highest BCUT2D eigenvalue weighted by Gasteiger charge is 2.04. The monoisotopic (exact) mass is 273 g/mol. The molecule has 20 heavy (non-hydrogen) atoms. The summed E-state index contributed by atoms with van der Waals surface area (Å²) in [6.45, 7) is 0.806. The second-order valence-electron chi connectivity index (χ2n) is 4.41. The topological polar surface area (TPSA) is 50.7 Å². The first-order valence-corrected chi connectivity index (χ1v) is 6.46. The van der Waals surface area contributed by atoms with E-state index in [1.165, 1.54) is 5.56 Å². The van der Waals surface area contributed by atoms with Crippen molar-refractivity contribution in [3.8, 4) is 17.2 Å². The fourth-order valence-corrected chi connectivity index (χ4v) is 1.97. The van der Waals surface area contributed by atoms with Crippen molar-refractivity contribution in [3.05, 3.63) is 48.0 Å². The van der Waals surface area contributed by atoms with Crippen LogP contribution in [0.3, 0.4) is 0 Å². The Labute approximate surface area is 119 Å². The minimum atomic E-state index is 0.274. The van der Waals surface area contributed by atoms with E-state index < -0.39 is 0 Å². The van der Waals surface area contributed by atoms with Gasteiger partial charge in [-0.1, -0.05) is 6.07 Å². The van der Waals surface area contributed by atoms with Gasteiger partial charge in [0.25, 0.3) is 0 Å². The van der Waals surface area contributed by atoms with Crippen LogP contribution in [-0.2, 0) is 6.42 Å². The van der Waals surface area contributed by atoms with Crippen LogP contribution < -0.4 is 14.8 Å². The first kappa shape index (κ1) is 14.1. The van der Waals surface area contributed by atoms with Gasteiger partial charge < -0.3 is 19.9 Å². The molecule has 0 spiro atoms. The molecule has 0 aliphatic rings. The number of rotatable bonds is 6. The van der Waals surface area contributed by atoms with E-state index in [1.807, 2.05) is 30.3 Å². The molecule has 2 rings (SSSR count). The quantitative estimate of drug-likeness (QED) is 0.794. The van der Waals surface area contributed by atoms with E-state index >= 15 is 0 Å². The van der Waals surface area contributed by atoms with Gasteiger partial charge in [-0.05, 0) is 48.4 Å². The van der Waals surface area contributed by atoms with E-state index in [0.717, 1.165) is 30.2 Å². The van der Waals surface area contributed by atoms with E-state index in [4.69, 9.17) is 9.47 Å². The number of hydrogen-bond donors (Lipinski definition) is 2. The van der Waals surface area contributed by atoms with E-state index in [2.05, 4.69) is 5.32 Å². The third-order valence-electron chi connectivity index (χ3n) is 3.06. The van der Waals surface area contributed by atoms with Gasteiger partial charge in [0.15, 0.2) is 11.5 Å².